The van der Waals surface area contributed by atoms with Gasteiger partial charge in [-0.1, -0.05) is 11.6 Å². The van der Waals surface area contributed by atoms with Gasteiger partial charge in [0.1, 0.15) is 5.02 Å². The lowest BCUT2D eigenvalue weighted by atomic mass is 10.1. The lowest BCUT2D eigenvalue weighted by molar-refractivity contribution is -0.384. The van der Waals surface area contributed by atoms with Crippen LogP contribution in [0.1, 0.15) is 18.4 Å². The highest BCUT2D eigenvalue weighted by molar-refractivity contribution is 6.33. The van der Waals surface area contributed by atoms with E-state index in [0.717, 1.165) is 0 Å². The summed E-state index contributed by atoms with van der Waals surface area (Å²) in [6.45, 7) is 1.58. The van der Waals surface area contributed by atoms with Crippen molar-refractivity contribution in [3.05, 3.63) is 32.8 Å². The predicted octanol–water partition coefficient (Wildman–Crippen LogP) is 2.27. The number of nitrogens with one attached hydrogen (secondary N) is 1. The number of aliphatic hydroxyl groups excluding tert-OH is 1. The Morgan fingerprint density at radius 2 is 2.22 bits per heavy atom. The second-order valence-corrected chi connectivity index (χ2v) is 4.16. The molecule has 1 rings (SSSR count). The highest BCUT2D eigenvalue weighted by Crippen LogP contribution is 2.30. The molecule has 0 fully saturated rings. The monoisotopic (exact) mass is 272 g/mol. The molecule has 1 aromatic rings. The number of aryl methyl sites for hydroxylation is 1. The van der Waals surface area contributed by atoms with Crippen molar-refractivity contribution in [1.29, 1.82) is 0 Å². The van der Waals surface area contributed by atoms with Crippen LogP contribution < -0.4 is 5.32 Å². The van der Waals surface area contributed by atoms with Crippen LogP contribution in [0, 0.1) is 17.0 Å². The number of nitrogens with zero attached hydrogens (tertiary/aromatic N) is 1. The fraction of sp³-hybridized carbons (Fsp3) is 0.364. The van der Waals surface area contributed by atoms with E-state index < -0.39 is 4.92 Å². The quantitative estimate of drug-likeness (QED) is 0.635. The van der Waals surface area contributed by atoms with Crippen molar-refractivity contribution in [2.75, 3.05) is 11.9 Å². The molecule has 98 valence electrons. The predicted molar refractivity (Wildman–Crippen MR) is 67.8 cm³/mol. The summed E-state index contributed by atoms with van der Waals surface area (Å²) in [5, 5.41) is 21.8. The summed E-state index contributed by atoms with van der Waals surface area (Å²) in [5.41, 5.74) is 0.805. The number of amides is 1. The topological polar surface area (TPSA) is 92.5 Å². The van der Waals surface area contributed by atoms with Crippen LogP contribution in [0.25, 0.3) is 0 Å². The van der Waals surface area contributed by atoms with Crippen LogP contribution in [0.4, 0.5) is 11.4 Å². The van der Waals surface area contributed by atoms with E-state index in [0.29, 0.717) is 17.7 Å². The van der Waals surface area contributed by atoms with Crippen molar-refractivity contribution in [2.45, 2.75) is 19.8 Å². The molecule has 18 heavy (non-hydrogen) atoms. The fourth-order valence-corrected chi connectivity index (χ4v) is 1.63. The first-order chi connectivity index (χ1) is 8.45. The number of carbonyl (C=O) groups is 1. The average Bonchev–Trinajstić information content (AvgIpc) is 2.30. The van der Waals surface area contributed by atoms with Gasteiger partial charge in [-0.15, -0.1) is 0 Å². The molecule has 0 aliphatic rings. The summed E-state index contributed by atoms with van der Waals surface area (Å²) >= 11 is 5.75. The Balaban J connectivity index is 2.88. The Morgan fingerprint density at radius 3 is 2.78 bits per heavy atom. The highest BCUT2D eigenvalue weighted by Gasteiger charge is 2.15. The number of hydrogen-bond acceptors (Lipinski definition) is 4. The van der Waals surface area contributed by atoms with E-state index in [2.05, 4.69) is 5.32 Å². The first kappa shape index (κ1) is 14.4. The Kier molecular flexibility index (Phi) is 5.06. The van der Waals surface area contributed by atoms with Gasteiger partial charge in [0.25, 0.3) is 5.69 Å². The molecule has 1 aromatic carbocycles. The van der Waals surface area contributed by atoms with Gasteiger partial charge in [0.2, 0.25) is 5.91 Å². The molecule has 2 N–H and O–H groups in total. The molecule has 0 aromatic heterocycles. The Bertz CT molecular complexity index is 476. The lowest BCUT2D eigenvalue weighted by Crippen LogP contribution is -2.12. The van der Waals surface area contributed by atoms with Crippen molar-refractivity contribution >= 4 is 28.9 Å². The van der Waals surface area contributed by atoms with E-state index in [4.69, 9.17) is 16.7 Å². The first-order valence-electron chi connectivity index (χ1n) is 5.31. The van der Waals surface area contributed by atoms with Gasteiger partial charge in [0.05, 0.1) is 4.92 Å². The molecule has 1 amide bonds. The molecule has 0 spiro atoms. The summed E-state index contributed by atoms with van der Waals surface area (Å²) in [4.78, 5) is 21.5. The summed E-state index contributed by atoms with van der Waals surface area (Å²) in [6.07, 6.45) is 0.552. The molecule has 0 heterocycles. The number of rotatable bonds is 5. The lowest BCUT2D eigenvalue weighted by Gasteiger charge is -2.08. The SMILES string of the molecule is Cc1cc([N+](=O)[O-])c(Cl)cc1NC(=O)CCCO. The average molecular weight is 273 g/mol. The molecule has 0 bridgehead atoms. The van der Waals surface area contributed by atoms with Gasteiger partial charge in [0, 0.05) is 24.8 Å². The van der Waals surface area contributed by atoms with Crippen molar-refractivity contribution < 1.29 is 14.8 Å². The van der Waals surface area contributed by atoms with Crippen molar-refractivity contribution in [2.24, 2.45) is 0 Å². The third-order valence-electron chi connectivity index (χ3n) is 2.33. The zero-order valence-corrected chi connectivity index (χ0v) is 10.5. The van der Waals surface area contributed by atoms with E-state index >= 15 is 0 Å². The summed E-state index contributed by atoms with van der Waals surface area (Å²) in [6, 6.07) is 2.66. The molecular formula is C11H13ClN2O4. The number of benzene rings is 1. The Hall–Kier alpha value is -1.66. The molecule has 0 saturated carbocycles. The molecule has 6 nitrogen and oxygen atoms in total. The molecule has 0 aliphatic carbocycles. The third kappa shape index (κ3) is 3.68. The molecule has 0 saturated heterocycles. The van der Waals surface area contributed by atoms with Gasteiger partial charge in [-0.05, 0) is 25.0 Å². The smallest absolute Gasteiger partial charge is 0.288 e. The van der Waals surface area contributed by atoms with Crippen LogP contribution in [0.2, 0.25) is 5.02 Å². The van der Waals surface area contributed by atoms with Crippen LogP contribution in [-0.2, 0) is 4.79 Å². The highest BCUT2D eigenvalue weighted by atomic mass is 35.5. The van der Waals surface area contributed by atoms with Crippen LogP contribution in [0.5, 0.6) is 0 Å². The maximum absolute atomic E-state index is 11.5. The van der Waals surface area contributed by atoms with E-state index in [1.165, 1.54) is 12.1 Å². The van der Waals surface area contributed by atoms with Crippen molar-refractivity contribution in [3.8, 4) is 0 Å². The van der Waals surface area contributed by atoms with Crippen molar-refractivity contribution in [1.82, 2.24) is 0 Å². The minimum absolute atomic E-state index is 0.0249. The zero-order chi connectivity index (χ0) is 13.7. The summed E-state index contributed by atoms with van der Waals surface area (Å²) in [5.74, 6) is -0.267. The molecule has 7 heteroatoms. The summed E-state index contributed by atoms with van der Waals surface area (Å²) < 4.78 is 0. The van der Waals surface area contributed by atoms with Crippen molar-refractivity contribution in [3.63, 3.8) is 0 Å². The van der Waals surface area contributed by atoms with Gasteiger partial charge in [-0.3, -0.25) is 14.9 Å². The van der Waals surface area contributed by atoms with Crippen LogP contribution >= 0.6 is 11.6 Å². The standard InChI is InChI=1S/C11H13ClN2O4/c1-7-5-10(14(17)18)8(12)6-9(7)13-11(16)3-2-4-15/h5-6,15H,2-4H2,1H3,(H,13,16). The first-order valence-corrected chi connectivity index (χ1v) is 5.68. The Labute approximate surface area is 109 Å². The number of nitro groups is 1. The van der Waals surface area contributed by atoms with Gasteiger partial charge < -0.3 is 10.4 Å². The van der Waals surface area contributed by atoms with E-state index in [1.807, 2.05) is 0 Å². The summed E-state index contributed by atoms with van der Waals surface area (Å²) in [7, 11) is 0. The number of carbonyl (C=O) groups excluding carboxylic acids is 1. The number of nitro benzene ring substituents is 1. The van der Waals surface area contributed by atoms with Gasteiger partial charge in [-0.25, -0.2) is 0 Å². The van der Waals surface area contributed by atoms with Gasteiger partial charge >= 0.3 is 0 Å². The molecule has 0 aliphatic heterocycles. The van der Waals surface area contributed by atoms with E-state index in [1.54, 1.807) is 6.92 Å². The molecule has 0 unspecified atom stereocenters. The normalized spacial score (nSPS) is 10.2. The molecule has 0 atom stereocenters. The van der Waals surface area contributed by atoms with Crippen LogP contribution in [-0.4, -0.2) is 22.5 Å². The fourth-order valence-electron chi connectivity index (χ4n) is 1.39. The molecule has 0 radical (unpaired) electrons. The van der Waals surface area contributed by atoms with E-state index in [-0.39, 0.29) is 29.6 Å². The largest absolute Gasteiger partial charge is 0.396 e. The number of aliphatic hydroxyl groups is 1. The van der Waals surface area contributed by atoms with Gasteiger partial charge in [-0.2, -0.15) is 0 Å². The maximum Gasteiger partial charge on any atom is 0.288 e. The second-order valence-electron chi connectivity index (χ2n) is 3.75. The second kappa shape index (κ2) is 6.32. The van der Waals surface area contributed by atoms with Crippen LogP contribution in [0.15, 0.2) is 12.1 Å². The van der Waals surface area contributed by atoms with E-state index in [9.17, 15) is 14.9 Å². The third-order valence-corrected chi connectivity index (χ3v) is 2.63. The molecular weight excluding hydrogens is 260 g/mol. The Morgan fingerprint density at radius 1 is 1.56 bits per heavy atom. The van der Waals surface area contributed by atoms with Gasteiger partial charge in [0.15, 0.2) is 0 Å². The maximum atomic E-state index is 11.5. The van der Waals surface area contributed by atoms with Crippen LogP contribution in [0.3, 0.4) is 0 Å². The zero-order valence-electron chi connectivity index (χ0n) is 9.77. The number of anilines is 1. The minimum Gasteiger partial charge on any atom is -0.396 e. The minimum atomic E-state index is -0.577. The number of hydrogen-bond donors (Lipinski definition) is 2. The number of halogens is 1.